The lowest BCUT2D eigenvalue weighted by atomic mass is 10.0. The predicted molar refractivity (Wildman–Crippen MR) is 77.2 cm³/mol. The standard InChI is InChI=1S/C15H24N2O3/c1-12(2)11-14-13(15(18)19)3-4-17(14)6-5-16-7-9-20-10-8-16/h3-4,12H,5-11H2,1-2H3,(H,18,19). The van der Waals surface area contributed by atoms with Crippen LogP contribution in [0.2, 0.25) is 0 Å². The highest BCUT2D eigenvalue weighted by atomic mass is 16.5. The van der Waals surface area contributed by atoms with Crippen molar-refractivity contribution < 1.29 is 14.6 Å². The van der Waals surface area contributed by atoms with Crippen molar-refractivity contribution in [3.8, 4) is 0 Å². The minimum absolute atomic E-state index is 0.445. The lowest BCUT2D eigenvalue weighted by Crippen LogP contribution is -2.38. The van der Waals surface area contributed by atoms with Crippen LogP contribution in [0.15, 0.2) is 12.3 Å². The fourth-order valence-corrected chi connectivity index (χ4v) is 2.60. The zero-order chi connectivity index (χ0) is 14.5. The topological polar surface area (TPSA) is 54.7 Å². The van der Waals surface area contributed by atoms with Crippen molar-refractivity contribution in [3.63, 3.8) is 0 Å². The molecule has 2 rings (SSSR count). The minimum Gasteiger partial charge on any atom is -0.478 e. The summed E-state index contributed by atoms with van der Waals surface area (Å²) >= 11 is 0. The SMILES string of the molecule is CC(C)Cc1c(C(=O)O)ccn1CCN1CCOCC1. The molecule has 0 amide bonds. The Balaban J connectivity index is 2.04. The number of hydrogen-bond acceptors (Lipinski definition) is 3. The Bertz CT molecular complexity index is 448. The molecule has 5 nitrogen and oxygen atoms in total. The fraction of sp³-hybridized carbons (Fsp3) is 0.667. The summed E-state index contributed by atoms with van der Waals surface area (Å²) in [5.41, 5.74) is 1.39. The Hall–Kier alpha value is -1.33. The first-order valence-corrected chi connectivity index (χ1v) is 7.29. The molecule has 0 aromatic carbocycles. The van der Waals surface area contributed by atoms with E-state index in [9.17, 15) is 9.90 Å². The van der Waals surface area contributed by atoms with E-state index >= 15 is 0 Å². The molecule has 0 bridgehead atoms. The molecule has 1 N–H and O–H groups in total. The van der Waals surface area contributed by atoms with E-state index in [2.05, 4.69) is 23.3 Å². The molecule has 0 atom stereocenters. The minimum atomic E-state index is -0.828. The van der Waals surface area contributed by atoms with Crippen molar-refractivity contribution in [3.05, 3.63) is 23.5 Å². The highest BCUT2D eigenvalue weighted by Gasteiger charge is 2.17. The lowest BCUT2D eigenvalue weighted by Gasteiger charge is -2.27. The Kier molecular flexibility index (Phi) is 5.20. The van der Waals surface area contributed by atoms with E-state index in [-0.39, 0.29) is 0 Å². The summed E-state index contributed by atoms with van der Waals surface area (Å²) in [5.74, 6) is -0.379. The maximum absolute atomic E-state index is 11.3. The molecular formula is C15H24N2O3. The van der Waals surface area contributed by atoms with Gasteiger partial charge < -0.3 is 14.4 Å². The van der Waals surface area contributed by atoms with Gasteiger partial charge in [-0.15, -0.1) is 0 Å². The zero-order valence-corrected chi connectivity index (χ0v) is 12.3. The highest BCUT2D eigenvalue weighted by molar-refractivity contribution is 5.89. The molecule has 1 aliphatic rings. The molecule has 0 aliphatic carbocycles. The molecule has 0 saturated carbocycles. The van der Waals surface area contributed by atoms with Crippen molar-refractivity contribution in [1.82, 2.24) is 9.47 Å². The van der Waals surface area contributed by atoms with E-state index in [0.29, 0.717) is 11.5 Å². The van der Waals surface area contributed by atoms with Gasteiger partial charge in [0.05, 0.1) is 18.8 Å². The Labute approximate surface area is 120 Å². The smallest absolute Gasteiger partial charge is 0.337 e. The van der Waals surface area contributed by atoms with Crippen LogP contribution >= 0.6 is 0 Å². The van der Waals surface area contributed by atoms with Crippen molar-refractivity contribution in [2.75, 3.05) is 32.8 Å². The maximum atomic E-state index is 11.3. The summed E-state index contributed by atoms with van der Waals surface area (Å²) in [6, 6.07) is 1.72. The summed E-state index contributed by atoms with van der Waals surface area (Å²) in [5, 5.41) is 9.27. The third-order valence-electron chi connectivity index (χ3n) is 3.67. The normalized spacial score (nSPS) is 16.8. The Morgan fingerprint density at radius 1 is 1.35 bits per heavy atom. The number of ether oxygens (including phenoxy) is 1. The van der Waals surface area contributed by atoms with E-state index in [0.717, 1.165) is 51.5 Å². The molecule has 1 aliphatic heterocycles. The number of aromatic nitrogens is 1. The van der Waals surface area contributed by atoms with Gasteiger partial charge in [0, 0.05) is 38.1 Å². The van der Waals surface area contributed by atoms with E-state index in [1.807, 2.05) is 6.20 Å². The Morgan fingerprint density at radius 2 is 2.05 bits per heavy atom. The predicted octanol–water partition coefficient (Wildman–Crippen LogP) is 1.72. The molecule has 1 saturated heterocycles. The van der Waals surface area contributed by atoms with Crippen LogP contribution in [0.1, 0.15) is 29.9 Å². The van der Waals surface area contributed by atoms with Gasteiger partial charge in [0.2, 0.25) is 0 Å². The molecule has 1 aromatic heterocycles. The quantitative estimate of drug-likeness (QED) is 0.862. The summed E-state index contributed by atoms with van der Waals surface area (Å²) in [6.07, 6.45) is 2.71. The van der Waals surface area contributed by atoms with Gasteiger partial charge in [-0.1, -0.05) is 13.8 Å². The first kappa shape index (κ1) is 15.1. The van der Waals surface area contributed by atoms with Crippen molar-refractivity contribution in [2.24, 2.45) is 5.92 Å². The van der Waals surface area contributed by atoms with Crippen LogP contribution in [0.5, 0.6) is 0 Å². The largest absolute Gasteiger partial charge is 0.478 e. The van der Waals surface area contributed by atoms with Gasteiger partial charge in [-0.05, 0) is 18.4 Å². The number of nitrogens with zero attached hydrogens (tertiary/aromatic N) is 2. The van der Waals surface area contributed by atoms with E-state index in [1.165, 1.54) is 0 Å². The van der Waals surface area contributed by atoms with Crippen molar-refractivity contribution >= 4 is 5.97 Å². The molecule has 1 aromatic rings. The second kappa shape index (κ2) is 6.90. The number of rotatable bonds is 6. The van der Waals surface area contributed by atoms with E-state index in [4.69, 9.17) is 4.74 Å². The third-order valence-corrected chi connectivity index (χ3v) is 3.67. The van der Waals surface area contributed by atoms with Crippen LogP contribution in [0.3, 0.4) is 0 Å². The number of morpholine rings is 1. The van der Waals surface area contributed by atoms with Gasteiger partial charge in [0.1, 0.15) is 0 Å². The molecule has 2 heterocycles. The average Bonchev–Trinajstić information content (AvgIpc) is 2.80. The number of carboxylic acids is 1. The van der Waals surface area contributed by atoms with E-state index in [1.54, 1.807) is 6.07 Å². The molecule has 1 fully saturated rings. The van der Waals surface area contributed by atoms with Crippen LogP contribution in [-0.2, 0) is 17.7 Å². The monoisotopic (exact) mass is 280 g/mol. The van der Waals surface area contributed by atoms with Crippen LogP contribution < -0.4 is 0 Å². The molecule has 20 heavy (non-hydrogen) atoms. The summed E-state index contributed by atoms with van der Waals surface area (Å²) in [6.45, 7) is 9.54. The number of carbonyl (C=O) groups is 1. The summed E-state index contributed by atoms with van der Waals surface area (Å²) < 4.78 is 7.43. The van der Waals surface area contributed by atoms with Gasteiger partial charge in [0.15, 0.2) is 0 Å². The van der Waals surface area contributed by atoms with Crippen LogP contribution in [0, 0.1) is 5.92 Å². The number of carboxylic acid groups (broad SMARTS) is 1. The Morgan fingerprint density at radius 3 is 2.65 bits per heavy atom. The van der Waals surface area contributed by atoms with Crippen molar-refractivity contribution in [2.45, 2.75) is 26.8 Å². The first-order chi connectivity index (χ1) is 9.58. The summed E-state index contributed by atoms with van der Waals surface area (Å²) in [4.78, 5) is 13.6. The van der Waals surface area contributed by atoms with Gasteiger partial charge in [-0.3, -0.25) is 4.90 Å². The second-order valence-electron chi connectivity index (χ2n) is 5.73. The van der Waals surface area contributed by atoms with Crippen LogP contribution in [0.25, 0.3) is 0 Å². The van der Waals surface area contributed by atoms with Gasteiger partial charge in [0.25, 0.3) is 0 Å². The van der Waals surface area contributed by atoms with E-state index < -0.39 is 5.97 Å². The molecule has 5 heteroatoms. The van der Waals surface area contributed by atoms with Gasteiger partial charge in [-0.2, -0.15) is 0 Å². The average molecular weight is 280 g/mol. The number of aromatic carboxylic acids is 1. The van der Waals surface area contributed by atoms with Crippen molar-refractivity contribution in [1.29, 1.82) is 0 Å². The highest BCUT2D eigenvalue weighted by Crippen LogP contribution is 2.16. The first-order valence-electron chi connectivity index (χ1n) is 7.29. The van der Waals surface area contributed by atoms with Crippen LogP contribution in [-0.4, -0.2) is 53.4 Å². The maximum Gasteiger partial charge on any atom is 0.337 e. The third kappa shape index (κ3) is 3.84. The molecule has 0 spiro atoms. The van der Waals surface area contributed by atoms with Crippen LogP contribution in [0.4, 0.5) is 0 Å². The van der Waals surface area contributed by atoms with Gasteiger partial charge in [-0.25, -0.2) is 4.79 Å². The molecular weight excluding hydrogens is 256 g/mol. The molecule has 0 radical (unpaired) electrons. The number of hydrogen-bond donors (Lipinski definition) is 1. The fourth-order valence-electron chi connectivity index (χ4n) is 2.60. The molecule has 112 valence electrons. The van der Waals surface area contributed by atoms with Gasteiger partial charge >= 0.3 is 5.97 Å². The zero-order valence-electron chi connectivity index (χ0n) is 12.3. The summed E-state index contributed by atoms with van der Waals surface area (Å²) in [7, 11) is 0. The molecule has 0 unspecified atom stereocenters. The second-order valence-corrected chi connectivity index (χ2v) is 5.73. The lowest BCUT2D eigenvalue weighted by molar-refractivity contribution is 0.0363.